The molecule has 1 aromatic heterocycles. The first-order valence-electron chi connectivity index (χ1n) is 6.17. The summed E-state index contributed by atoms with van der Waals surface area (Å²) in [6, 6.07) is 2.53. The maximum atomic E-state index is 14.2. The van der Waals surface area contributed by atoms with Gasteiger partial charge in [-0.25, -0.2) is 18.7 Å². The van der Waals surface area contributed by atoms with E-state index >= 15 is 0 Å². The van der Waals surface area contributed by atoms with Crippen molar-refractivity contribution in [2.75, 3.05) is 0 Å². The number of hydrogen-bond donors (Lipinski definition) is 0. The number of nitrogens with zero attached hydrogens (tertiary/aromatic N) is 2. The van der Waals surface area contributed by atoms with Crippen LogP contribution in [0.3, 0.4) is 0 Å². The second kappa shape index (κ2) is 5.04. The first-order valence-corrected chi connectivity index (χ1v) is 7.34. The minimum absolute atomic E-state index is 0.164. The van der Waals surface area contributed by atoms with Crippen molar-refractivity contribution in [3.63, 3.8) is 0 Å². The van der Waals surface area contributed by atoms with Gasteiger partial charge >= 0.3 is 0 Å². The fourth-order valence-electron chi connectivity index (χ4n) is 2.02. The van der Waals surface area contributed by atoms with E-state index in [1.54, 1.807) is 6.92 Å². The molecule has 0 unspecified atom stereocenters. The molecule has 0 amide bonds. The Bertz CT molecular complexity index is 702. The molecule has 0 aliphatic heterocycles. The van der Waals surface area contributed by atoms with Crippen molar-refractivity contribution in [1.29, 1.82) is 0 Å². The highest BCUT2D eigenvalue weighted by Crippen LogP contribution is 2.41. The molecule has 0 spiro atoms. The third kappa shape index (κ3) is 2.33. The molecule has 0 radical (unpaired) electrons. The molecule has 0 bridgehead atoms. The zero-order valence-corrected chi connectivity index (χ0v) is 12.9. The van der Waals surface area contributed by atoms with Crippen LogP contribution in [0.4, 0.5) is 8.78 Å². The van der Waals surface area contributed by atoms with Crippen LogP contribution < -0.4 is 0 Å². The lowest BCUT2D eigenvalue weighted by Gasteiger charge is -2.11. The van der Waals surface area contributed by atoms with Gasteiger partial charge in [0, 0.05) is 11.5 Å². The maximum Gasteiger partial charge on any atom is 0.149 e. The number of aromatic nitrogens is 2. The predicted octanol–water partition coefficient (Wildman–Crippen LogP) is 5.02. The second-order valence-corrected chi connectivity index (χ2v) is 6.05. The molecule has 1 saturated carbocycles. The molecular formula is C14H10BrClF2N2. The lowest BCUT2D eigenvalue weighted by atomic mass is 10.1. The quantitative estimate of drug-likeness (QED) is 0.555. The van der Waals surface area contributed by atoms with Crippen LogP contribution in [0.2, 0.25) is 5.15 Å². The van der Waals surface area contributed by atoms with Gasteiger partial charge in [-0.05, 0) is 47.8 Å². The minimum atomic E-state index is -0.676. The summed E-state index contributed by atoms with van der Waals surface area (Å²) in [6.07, 6.45) is 1.98. The molecule has 20 heavy (non-hydrogen) atoms. The molecule has 104 valence electrons. The first-order chi connectivity index (χ1) is 9.49. The Morgan fingerprint density at radius 2 is 1.95 bits per heavy atom. The van der Waals surface area contributed by atoms with Crippen LogP contribution >= 0.6 is 27.5 Å². The summed E-state index contributed by atoms with van der Waals surface area (Å²) >= 11 is 9.14. The van der Waals surface area contributed by atoms with E-state index in [2.05, 4.69) is 25.9 Å². The van der Waals surface area contributed by atoms with Gasteiger partial charge in [-0.2, -0.15) is 0 Å². The molecule has 1 aliphatic carbocycles. The molecule has 0 atom stereocenters. The van der Waals surface area contributed by atoms with Crippen LogP contribution in [-0.2, 0) is 0 Å². The Morgan fingerprint density at radius 3 is 2.60 bits per heavy atom. The van der Waals surface area contributed by atoms with Crippen LogP contribution in [0.15, 0.2) is 16.6 Å². The summed E-state index contributed by atoms with van der Waals surface area (Å²) in [5, 5.41) is 0.246. The van der Waals surface area contributed by atoms with Crippen LogP contribution in [0.5, 0.6) is 0 Å². The fourth-order valence-corrected chi connectivity index (χ4v) is 2.52. The Morgan fingerprint density at radius 1 is 1.25 bits per heavy atom. The van der Waals surface area contributed by atoms with Gasteiger partial charge in [0.15, 0.2) is 0 Å². The van der Waals surface area contributed by atoms with Crippen molar-refractivity contribution >= 4 is 27.5 Å². The topological polar surface area (TPSA) is 25.8 Å². The number of rotatable bonds is 2. The zero-order valence-electron chi connectivity index (χ0n) is 10.6. The van der Waals surface area contributed by atoms with Gasteiger partial charge in [-0.1, -0.05) is 11.6 Å². The van der Waals surface area contributed by atoms with Gasteiger partial charge in [-0.15, -0.1) is 0 Å². The maximum absolute atomic E-state index is 14.2. The highest BCUT2D eigenvalue weighted by molar-refractivity contribution is 9.10. The fraction of sp³-hybridized carbons (Fsp3) is 0.286. The van der Waals surface area contributed by atoms with Crippen molar-refractivity contribution in [2.45, 2.75) is 25.7 Å². The summed E-state index contributed by atoms with van der Waals surface area (Å²) in [6.45, 7) is 1.66. The molecule has 2 aromatic rings. The normalized spacial score (nSPS) is 14.7. The number of hydrogen-bond acceptors (Lipinski definition) is 2. The Kier molecular flexibility index (Phi) is 3.50. The molecule has 6 heteroatoms. The Hall–Kier alpha value is -1.07. The minimum Gasteiger partial charge on any atom is -0.232 e. The molecule has 3 rings (SSSR count). The third-order valence-electron chi connectivity index (χ3n) is 3.33. The standard InChI is InChI=1S/C14H10BrClF2N2/c1-6-12(10-9(17)5-4-8(15)11(10)18)19-14(7-2-3-7)20-13(6)16/h4-5,7H,2-3H2,1H3. The molecule has 2 nitrogen and oxygen atoms in total. The van der Waals surface area contributed by atoms with Crippen molar-refractivity contribution in [3.8, 4) is 11.3 Å². The highest BCUT2D eigenvalue weighted by atomic mass is 79.9. The van der Waals surface area contributed by atoms with E-state index in [1.807, 2.05) is 0 Å². The lowest BCUT2D eigenvalue weighted by Crippen LogP contribution is -2.02. The van der Waals surface area contributed by atoms with Crippen LogP contribution in [-0.4, -0.2) is 9.97 Å². The van der Waals surface area contributed by atoms with Crippen LogP contribution in [0.1, 0.15) is 30.1 Å². The molecule has 1 fully saturated rings. The van der Waals surface area contributed by atoms with E-state index in [1.165, 1.54) is 12.1 Å². The van der Waals surface area contributed by atoms with E-state index in [0.717, 1.165) is 12.8 Å². The van der Waals surface area contributed by atoms with E-state index in [4.69, 9.17) is 11.6 Å². The average Bonchev–Trinajstić information content (AvgIpc) is 3.23. The van der Waals surface area contributed by atoms with Gasteiger partial charge in [0.1, 0.15) is 22.6 Å². The summed E-state index contributed by atoms with van der Waals surface area (Å²) in [4.78, 5) is 8.53. The predicted molar refractivity (Wildman–Crippen MR) is 76.8 cm³/mol. The van der Waals surface area contributed by atoms with Gasteiger partial charge in [-0.3, -0.25) is 0 Å². The highest BCUT2D eigenvalue weighted by Gasteiger charge is 2.29. The van der Waals surface area contributed by atoms with Crippen molar-refractivity contribution < 1.29 is 8.78 Å². The molecule has 1 aliphatic rings. The van der Waals surface area contributed by atoms with Gasteiger partial charge in [0.05, 0.1) is 15.7 Å². The number of benzene rings is 1. The van der Waals surface area contributed by atoms with E-state index in [9.17, 15) is 8.78 Å². The molecule has 1 aromatic carbocycles. The van der Waals surface area contributed by atoms with E-state index in [-0.39, 0.29) is 26.8 Å². The molecule has 0 N–H and O–H groups in total. The van der Waals surface area contributed by atoms with Crippen LogP contribution in [0.25, 0.3) is 11.3 Å². The summed E-state index contributed by atoms with van der Waals surface area (Å²) in [7, 11) is 0. The molecular weight excluding hydrogens is 350 g/mol. The van der Waals surface area contributed by atoms with Crippen LogP contribution in [0, 0.1) is 18.6 Å². The van der Waals surface area contributed by atoms with Gasteiger partial charge < -0.3 is 0 Å². The van der Waals surface area contributed by atoms with Crippen molar-refractivity contribution in [2.24, 2.45) is 0 Å². The van der Waals surface area contributed by atoms with Crippen molar-refractivity contribution in [1.82, 2.24) is 9.97 Å². The average molecular weight is 360 g/mol. The zero-order chi connectivity index (χ0) is 14.4. The first kappa shape index (κ1) is 13.9. The monoisotopic (exact) mass is 358 g/mol. The lowest BCUT2D eigenvalue weighted by molar-refractivity contribution is 0.583. The summed E-state index contributed by atoms with van der Waals surface area (Å²) in [5.41, 5.74) is 0.540. The van der Waals surface area contributed by atoms with Crippen molar-refractivity contribution in [3.05, 3.63) is 44.8 Å². The summed E-state index contributed by atoms with van der Waals surface area (Å²) < 4.78 is 28.4. The molecule has 1 heterocycles. The van der Waals surface area contributed by atoms with Gasteiger partial charge in [0.25, 0.3) is 0 Å². The largest absolute Gasteiger partial charge is 0.232 e. The second-order valence-electron chi connectivity index (χ2n) is 4.84. The summed E-state index contributed by atoms with van der Waals surface area (Å²) in [5.74, 6) is -0.519. The smallest absolute Gasteiger partial charge is 0.149 e. The number of halogens is 4. The van der Waals surface area contributed by atoms with E-state index < -0.39 is 11.6 Å². The Balaban J connectivity index is 2.26. The third-order valence-corrected chi connectivity index (χ3v) is 4.31. The van der Waals surface area contributed by atoms with E-state index in [0.29, 0.717) is 11.4 Å². The Labute approximate surface area is 128 Å². The van der Waals surface area contributed by atoms with Gasteiger partial charge in [0.2, 0.25) is 0 Å². The molecule has 0 saturated heterocycles. The SMILES string of the molecule is Cc1c(Cl)nc(C2CC2)nc1-c1c(F)ccc(Br)c1F.